The van der Waals surface area contributed by atoms with Crippen LogP contribution in [0, 0.1) is 13.8 Å². The van der Waals surface area contributed by atoms with Crippen molar-refractivity contribution in [1.82, 2.24) is 4.90 Å². The lowest BCUT2D eigenvalue weighted by atomic mass is 10.2. The first-order valence-corrected chi connectivity index (χ1v) is 19.0. The second kappa shape index (κ2) is 30.2. The number of aliphatic hydroxyl groups excluding tert-OH is 1. The Bertz CT molecular complexity index is 1590. The lowest BCUT2D eigenvalue weighted by Gasteiger charge is -2.13. The highest BCUT2D eigenvalue weighted by atomic mass is 35.5. The highest BCUT2D eigenvalue weighted by Crippen LogP contribution is 2.18. The molecule has 7 nitrogen and oxygen atoms in total. The second-order valence-corrected chi connectivity index (χ2v) is 13.8. The Morgan fingerprint density at radius 3 is 1.41 bits per heavy atom. The minimum atomic E-state index is -0.509. The van der Waals surface area contributed by atoms with Crippen LogP contribution < -0.4 is 0 Å². The fourth-order valence-electron chi connectivity index (χ4n) is 3.57. The monoisotopic (exact) mass is 791 g/mol. The predicted molar refractivity (Wildman–Crippen MR) is 223 cm³/mol. The molecule has 0 aliphatic heterocycles. The second-order valence-electron chi connectivity index (χ2n) is 9.94. The molecule has 0 aliphatic rings. The Balaban J connectivity index is 0.000000714. The predicted octanol–water partition coefficient (Wildman–Crippen LogP) is 11.0. The average Bonchev–Trinajstić information content (AvgIpc) is 3.78. The van der Waals surface area contributed by atoms with E-state index in [9.17, 15) is 9.59 Å². The van der Waals surface area contributed by atoms with Gasteiger partial charge in [-0.25, -0.2) is 4.79 Å². The molecule has 0 unspecified atom stereocenters. The summed E-state index contributed by atoms with van der Waals surface area (Å²) < 4.78 is 4.96. The van der Waals surface area contributed by atoms with Gasteiger partial charge in [-0.3, -0.25) is 14.8 Å². The zero-order chi connectivity index (χ0) is 38.4. The van der Waals surface area contributed by atoms with Gasteiger partial charge in [0.2, 0.25) is 5.24 Å². The fourth-order valence-corrected chi connectivity index (χ4v) is 5.07. The van der Waals surface area contributed by atoms with E-state index in [4.69, 9.17) is 44.6 Å². The number of hydrogen-bond acceptors (Lipinski definition) is 9. The van der Waals surface area contributed by atoms with Gasteiger partial charge in [0, 0.05) is 38.0 Å². The first kappa shape index (κ1) is 47.6. The maximum Gasteiger partial charge on any atom is 0.330 e. The van der Waals surface area contributed by atoms with E-state index in [0.717, 1.165) is 44.4 Å². The fraction of sp³-hybridized carbons (Fsp3) is 0.282. The van der Waals surface area contributed by atoms with E-state index in [-0.39, 0.29) is 18.6 Å². The highest BCUT2D eigenvalue weighted by molar-refractivity contribution is 7.13. The lowest BCUT2D eigenvalue weighted by molar-refractivity contribution is -0.139. The van der Waals surface area contributed by atoms with Gasteiger partial charge in [-0.1, -0.05) is 58.2 Å². The first-order valence-electron chi connectivity index (χ1n) is 15.9. The largest absolute Gasteiger partial charge is 0.458 e. The molecule has 0 fully saturated rings. The van der Waals surface area contributed by atoms with Crippen LogP contribution in [0.4, 0.5) is 11.4 Å². The first-order chi connectivity index (χ1) is 24.5. The van der Waals surface area contributed by atoms with Gasteiger partial charge < -0.3 is 14.7 Å². The van der Waals surface area contributed by atoms with E-state index < -0.39 is 11.2 Å². The molecular weight excluding hydrogens is 745 g/mol. The van der Waals surface area contributed by atoms with Crippen molar-refractivity contribution >= 4 is 92.5 Å². The summed E-state index contributed by atoms with van der Waals surface area (Å²) in [5.41, 5.74) is 3.61. The van der Waals surface area contributed by atoms with Gasteiger partial charge in [-0.15, -0.1) is 45.9 Å². The molecule has 0 amide bonds. The van der Waals surface area contributed by atoms with Crippen LogP contribution in [0.15, 0.2) is 108 Å². The molecule has 0 radical (unpaired) electrons. The van der Waals surface area contributed by atoms with Crippen molar-refractivity contribution in [2.24, 2.45) is 9.98 Å². The molecule has 2 heterocycles. The van der Waals surface area contributed by atoms with Crippen LogP contribution in [0.25, 0.3) is 0 Å². The molecule has 0 bridgehead atoms. The molecule has 276 valence electrons. The summed E-state index contributed by atoms with van der Waals surface area (Å²) >= 11 is 17.7. The van der Waals surface area contributed by atoms with E-state index in [1.807, 2.05) is 67.0 Å². The highest BCUT2D eigenvalue weighted by Gasteiger charge is 1.99. The molecule has 0 spiro atoms. The molecule has 4 rings (SSSR count). The number of nitrogens with zero attached hydrogens (tertiary/aromatic N) is 3. The molecule has 2 aromatic heterocycles. The maximum atomic E-state index is 11.0. The maximum absolute atomic E-state index is 11.0. The number of halogens is 3. The quantitative estimate of drug-likeness (QED) is 0.0507. The average molecular weight is 793 g/mol. The number of hydrogen-bond donors (Lipinski definition) is 1. The number of ether oxygens (including phenoxy) is 1. The smallest absolute Gasteiger partial charge is 0.330 e. The Morgan fingerprint density at radius 2 is 1.14 bits per heavy atom. The summed E-state index contributed by atoms with van der Waals surface area (Å²) in [6, 6.07) is 23.4. The van der Waals surface area contributed by atoms with Crippen molar-refractivity contribution in [1.29, 1.82) is 0 Å². The van der Waals surface area contributed by atoms with E-state index in [1.165, 1.54) is 29.4 Å². The third-order valence-electron chi connectivity index (χ3n) is 6.31. The molecule has 0 atom stereocenters. The Morgan fingerprint density at radius 1 is 0.745 bits per heavy atom. The van der Waals surface area contributed by atoms with Crippen molar-refractivity contribution in [2.45, 2.75) is 47.8 Å². The molecule has 51 heavy (non-hydrogen) atoms. The molecule has 0 aliphatic carbocycles. The van der Waals surface area contributed by atoms with Crippen molar-refractivity contribution < 1.29 is 19.4 Å². The van der Waals surface area contributed by atoms with Crippen molar-refractivity contribution in [2.75, 3.05) is 25.0 Å². The van der Waals surface area contributed by atoms with Gasteiger partial charge >= 0.3 is 5.97 Å². The number of allylic oxidation sites excluding steroid dienone is 1. The molecule has 4 aromatic rings. The number of aliphatic hydroxyl groups is 1. The number of rotatable bonds is 12. The van der Waals surface area contributed by atoms with Gasteiger partial charge in [0.25, 0.3) is 0 Å². The summed E-state index contributed by atoms with van der Waals surface area (Å²) in [5, 5.41) is 8.59. The number of esters is 1. The minimum absolute atomic E-state index is 0.0775. The van der Waals surface area contributed by atoms with E-state index in [0.29, 0.717) is 0 Å². The third-order valence-corrected chi connectivity index (χ3v) is 8.33. The zero-order valence-corrected chi connectivity index (χ0v) is 33.8. The van der Waals surface area contributed by atoms with Crippen LogP contribution in [0.3, 0.4) is 0 Å². The van der Waals surface area contributed by atoms with Gasteiger partial charge in [-0.05, 0) is 111 Å². The SMILES string of the molecule is C=CC(=O)Cl.C=CC(=O)OCc1ccc(N=Cc2ccc(C)s2)cc1.CCN(CC)CC.Cc1ccc(C=Nc2ccc(CO)cc2)s1.ClCCl. The van der Waals surface area contributed by atoms with Crippen LogP contribution in [-0.2, 0) is 27.5 Å². The Kier molecular flexibility index (Phi) is 28.2. The summed E-state index contributed by atoms with van der Waals surface area (Å²) in [7, 11) is 0. The Hall–Kier alpha value is -3.41. The van der Waals surface area contributed by atoms with Crippen LogP contribution >= 0.6 is 57.5 Å². The number of thiophene rings is 2. The van der Waals surface area contributed by atoms with Crippen molar-refractivity contribution in [3.8, 4) is 0 Å². The number of carbonyl (C=O) groups is 2. The molecule has 2 aromatic carbocycles. The number of aryl methyl sites for hydroxylation is 2. The van der Waals surface area contributed by atoms with Gasteiger partial charge in [-0.2, -0.15) is 0 Å². The standard InChI is InChI=1S/C16H15NO2S.C13H13NOS.C6H15N.C3H3ClO.CH2Cl2/c1-3-16(18)19-11-13-5-7-14(8-6-13)17-10-15-9-4-12(2)20-15;1-10-2-7-13(16-10)8-14-12-5-3-11(9-15)4-6-12;1-4-7(5-2)6-3;1-2-3(4)5;2-1-3/h3-10H,1,11H2,2H3;2-8,15H,9H2,1H3;4-6H2,1-3H3;2H,1H2;1H2. The molecular formula is C39H48Cl3N3O4S2. The minimum Gasteiger partial charge on any atom is -0.458 e. The summed E-state index contributed by atoms with van der Waals surface area (Å²) in [6.45, 7) is 21.0. The number of carbonyl (C=O) groups excluding carboxylic acids is 2. The van der Waals surface area contributed by atoms with Gasteiger partial charge in [0.1, 0.15) is 6.61 Å². The summed E-state index contributed by atoms with van der Waals surface area (Å²) in [6.07, 6.45) is 5.92. The van der Waals surface area contributed by atoms with E-state index in [2.05, 4.69) is 80.9 Å². The lowest BCUT2D eigenvalue weighted by Crippen LogP contribution is -2.21. The topological polar surface area (TPSA) is 91.6 Å². The van der Waals surface area contributed by atoms with E-state index >= 15 is 0 Å². The third kappa shape index (κ3) is 24.4. The molecule has 0 saturated heterocycles. The van der Waals surface area contributed by atoms with Crippen molar-refractivity contribution in [3.63, 3.8) is 0 Å². The number of benzene rings is 2. The summed E-state index contributed by atoms with van der Waals surface area (Å²) in [4.78, 5) is 36.4. The zero-order valence-electron chi connectivity index (χ0n) is 29.9. The molecule has 1 N–H and O–H groups in total. The number of aliphatic imine (C=N–C) groups is 2. The Labute approximate surface area is 326 Å². The van der Waals surface area contributed by atoms with Gasteiger partial charge in [0.05, 0.1) is 23.3 Å². The van der Waals surface area contributed by atoms with Crippen LogP contribution in [0.5, 0.6) is 0 Å². The van der Waals surface area contributed by atoms with Crippen LogP contribution in [0.2, 0.25) is 0 Å². The molecule has 0 saturated carbocycles. The normalized spacial score (nSPS) is 10.1. The van der Waals surface area contributed by atoms with Crippen molar-refractivity contribution in [3.05, 3.63) is 129 Å². The van der Waals surface area contributed by atoms with Crippen LogP contribution in [-0.4, -0.2) is 58.6 Å². The number of alkyl halides is 2. The summed E-state index contributed by atoms with van der Waals surface area (Å²) in [5.74, 6) is -0.417. The van der Waals surface area contributed by atoms with Crippen LogP contribution in [0.1, 0.15) is 51.4 Å². The molecule has 12 heteroatoms. The van der Waals surface area contributed by atoms with E-state index in [1.54, 1.807) is 22.7 Å². The van der Waals surface area contributed by atoms with Gasteiger partial charge in [0.15, 0.2) is 0 Å².